The first-order valence-electron chi connectivity index (χ1n) is 8.18. The molecule has 2 aromatic carbocycles. The second-order valence-corrected chi connectivity index (χ2v) is 6.57. The summed E-state index contributed by atoms with van der Waals surface area (Å²) in [6.45, 7) is 0.760. The van der Waals surface area contributed by atoms with Crippen LogP contribution in [0.3, 0.4) is 0 Å². The molecule has 116 valence electrons. The Balaban J connectivity index is 1.68. The van der Waals surface area contributed by atoms with Gasteiger partial charge in [-0.1, -0.05) is 48.0 Å². The lowest BCUT2D eigenvalue weighted by atomic mass is 9.90. The van der Waals surface area contributed by atoms with Crippen LogP contribution in [0.25, 0.3) is 11.4 Å². The van der Waals surface area contributed by atoms with Gasteiger partial charge in [-0.05, 0) is 48.4 Å². The third kappa shape index (κ3) is 2.91. The van der Waals surface area contributed by atoms with E-state index < -0.39 is 0 Å². The molecule has 0 atom stereocenters. The topological polar surface area (TPSA) is 17.8 Å². The van der Waals surface area contributed by atoms with Crippen molar-refractivity contribution in [2.75, 3.05) is 0 Å². The highest BCUT2D eigenvalue weighted by Gasteiger charge is 2.14. The molecule has 0 spiro atoms. The molecule has 0 N–H and O–H groups in total. The van der Waals surface area contributed by atoms with Crippen molar-refractivity contribution in [1.29, 1.82) is 0 Å². The van der Waals surface area contributed by atoms with Crippen LogP contribution in [0.15, 0.2) is 54.9 Å². The summed E-state index contributed by atoms with van der Waals surface area (Å²) in [5, 5.41) is 0.873. The van der Waals surface area contributed by atoms with E-state index in [1.165, 1.54) is 36.0 Å². The number of nitrogens with zero attached hydrogens (tertiary/aromatic N) is 2. The average molecular weight is 323 g/mol. The van der Waals surface area contributed by atoms with Gasteiger partial charge in [0.2, 0.25) is 0 Å². The number of imidazole rings is 1. The number of fused-ring (bicyclic) bond motifs is 1. The van der Waals surface area contributed by atoms with Gasteiger partial charge in [0.05, 0.1) is 6.54 Å². The summed E-state index contributed by atoms with van der Waals surface area (Å²) in [5.41, 5.74) is 5.21. The third-order valence-electron chi connectivity index (χ3n) is 4.60. The summed E-state index contributed by atoms with van der Waals surface area (Å²) in [6, 6.07) is 14.8. The molecule has 1 heterocycles. The predicted molar refractivity (Wildman–Crippen MR) is 94.9 cm³/mol. The van der Waals surface area contributed by atoms with Crippen LogP contribution in [-0.2, 0) is 19.4 Å². The van der Waals surface area contributed by atoms with Gasteiger partial charge in [-0.15, -0.1) is 0 Å². The normalized spacial score (nSPS) is 13.8. The Morgan fingerprint density at radius 3 is 2.52 bits per heavy atom. The Morgan fingerprint density at radius 1 is 1.00 bits per heavy atom. The van der Waals surface area contributed by atoms with E-state index in [4.69, 9.17) is 11.6 Å². The van der Waals surface area contributed by atoms with Crippen molar-refractivity contribution < 1.29 is 0 Å². The summed E-state index contributed by atoms with van der Waals surface area (Å²) in [7, 11) is 0. The van der Waals surface area contributed by atoms with Crippen molar-refractivity contribution in [3.05, 3.63) is 76.6 Å². The van der Waals surface area contributed by atoms with Crippen LogP contribution in [0.5, 0.6) is 0 Å². The molecule has 3 heteroatoms. The molecular formula is C20H19ClN2. The summed E-state index contributed by atoms with van der Waals surface area (Å²) in [5.74, 6) is 0.986. The van der Waals surface area contributed by atoms with Crippen molar-refractivity contribution in [1.82, 2.24) is 9.55 Å². The minimum Gasteiger partial charge on any atom is -0.327 e. The van der Waals surface area contributed by atoms with Crippen molar-refractivity contribution in [3.8, 4) is 11.4 Å². The lowest BCUT2D eigenvalue weighted by molar-refractivity contribution is 0.682. The van der Waals surface area contributed by atoms with Crippen molar-refractivity contribution in [2.45, 2.75) is 32.2 Å². The maximum absolute atomic E-state index is 6.54. The zero-order valence-corrected chi connectivity index (χ0v) is 13.8. The maximum atomic E-state index is 6.54. The molecule has 23 heavy (non-hydrogen) atoms. The summed E-state index contributed by atoms with van der Waals surface area (Å²) in [4.78, 5) is 4.52. The Labute approximate surface area is 141 Å². The van der Waals surface area contributed by atoms with Crippen LogP contribution in [0.4, 0.5) is 0 Å². The molecule has 0 saturated carbocycles. The fourth-order valence-electron chi connectivity index (χ4n) is 3.40. The minimum absolute atomic E-state index is 0.760. The van der Waals surface area contributed by atoms with Crippen LogP contribution in [0.1, 0.15) is 29.5 Å². The van der Waals surface area contributed by atoms with Crippen molar-refractivity contribution >= 4 is 11.6 Å². The van der Waals surface area contributed by atoms with Gasteiger partial charge in [-0.25, -0.2) is 4.98 Å². The molecule has 2 nitrogen and oxygen atoms in total. The van der Waals surface area contributed by atoms with Gasteiger partial charge in [-0.3, -0.25) is 0 Å². The van der Waals surface area contributed by atoms with E-state index in [1.54, 1.807) is 0 Å². The molecule has 0 bridgehead atoms. The van der Waals surface area contributed by atoms with E-state index in [1.807, 2.05) is 30.6 Å². The summed E-state index contributed by atoms with van der Waals surface area (Å²) < 4.78 is 2.17. The monoisotopic (exact) mass is 322 g/mol. The SMILES string of the molecule is Clc1cc2c(cc1Cn1ccnc1-c1ccccc1)CCCC2. The first kappa shape index (κ1) is 14.5. The largest absolute Gasteiger partial charge is 0.327 e. The standard InChI is InChI=1S/C20H19ClN2/c21-19-13-17-9-5-4-8-16(17)12-18(19)14-23-11-10-22-20(23)15-6-2-1-3-7-15/h1-3,6-7,10-13H,4-5,8-9,14H2. The zero-order valence-electron chi connectivity index (χ0n) is 13.0. The second-order valence-electron chi connectivity index (χ2n) is 6.16. The number of aryl methyl sites for hydroxylation is 2. The van der Waals surface area contributed by atoms with Crippen LogP contribution in [-0.4, -0.2) is 9.55 Å². The van der Waals surface area contributed by atoms with Gasteiger partial charge in [0, 0.05) is 23.0 Å². The van der Waals surface area contributed by atoms with Gasteiger partial charge >= 0.3 is 0 Å². The highest BCUT2D eigenvalue weighted by molar-refractivity contribution is 6.31. The van der Waals surface area contributed by atoms with E-state index in [9.17, 15) is 0 Å². The molecule has 0 radical (unpaired) electrons. The first-order valence-corrected chi connectivity index (χ1v) is 8.56. The molecule has 1 aromatic heterocycles. The zero-order chi connectivity index (χ0) is 15.6. The summed E-state index contributed by atoms with van der Waals surface area (Å²) in [6.07, 6.45) is 8.79. The van der Waals surface area contributed by atoms with Gasteiger partial charge in [0.1, 0.15) is 5.82 Å². The fourth-order valence-corrected chi connectivity index (χ4v) is 3.64. The number of hydrogen-bond donors (Lipinski definition) is 0. The molecular weight excluding hydrogens is 304 g/mol. The molecule has 0 fully saturated rings. The molecule has 0 aliphatic heterocycles. The van der Waals surface area contributed by atoms with Gasteiger partial charge in [0.25, 0.3) is 0 Å². The Hall–Kier alpha value is -2.06. The van der Waals surface area contributed by atoms with Crippen LogP contribution in [0, 0.1) is 0 Å². The number of hydrogen-bond acceptors (Lipinski definition) is 1. The molecule has 0 amide bonds. The van der Waals surface area contributed by atoms with Crippen molar-refractivity contribution in [3.63, 3.8) is 0 Å². The van der Waals surface area contributed by atoms with Crippen LogP contribution >= 0.6 is 11.6 Å². The Kier molecular flexibility index (Phi) is 3.92. The average Bonchev–Trinajstić information content (AvgIpc) is 3.04. The van der Waals surface area contributed by atoms with Gasteiger partial charge < -0.3 is 4.57 Å². The smallest absolute Gasteiger partial charge is 0.140 e. The molecule has 3 aromatic rings. The first-order chi connectivity index (χ1) is 11.3. The fraction of sp³-hybridized carbons (Fsp3) is 0.250. The number of halogens is 1. The number of benzene rings is 2. The van der Waals surface area contributed by atoms with Gasteiger partial charge in [-0.2, -0.15) is 0 Å². The molecule has 0 saturated heterocycles. The predicted octanol–water partition coefficient (Wildman–Crippen LogP) is 5.13. The highest BCUT2D eigenvalue weighted by atomic mass is 35.5. The lowest BCUT2D eigenvalue weighted by Crippen LogP contribution is -2.07. The maximum Gasteiger partial charge on any atom is 0.140 e. The van der Waals surface area contributed by atoms with E-state index in [-0.39, 0.29) is 0 Å². The number of aromatic nitrogens is 2. The number of rotatable bonds is 3. The van der Waals surface area contributed by atoms with Crippen molar-refractivity contribution in [2.24, 2.45) is 0 Å². The lowest BCUT2D eigenvalue weighted by Gasteiger charge is -2.18. The molecule has 1 aliphatic rings. The quantitative estimate of drug-likeness (QED) is 0.653. The van der Waals surface area contributed by atoms with E-state index >= 15 is 0 Å². The minimum atomic E-state index is 0.760. The summed E-state index contributed by atoms with van der Waals surface area (Å²) >= 11 is 6.54. The Morgan fingerprint density at radius 2 is 1.74 bits per heavy atom. The van der Waals surface area contributed by atoms with E-state index in [0.29, 0.717) is 0 Å². The van der Waals surface area contributed by atoms with E-state index in [2.05, 4.69) is 33.8 Å². The van der Waals surface area contributed by atoms with Gasteiger partial charge in [0.15, 0.2) is 0 Å². The van der Waals surface area contributed by atoms with E-state index in [0.717, 1.165) is 29.4 Å². The van der Waals surface area contributed by atoms with Crippen LogP contribution in [0.2, 0.25) is 5.02 Å². The molecule has 1 aliphatic carbocycles. The second kappa shape index (κ2) is 6.21. The highest BCUT2D eigenvalue weighted by Crippen LogP contribution is 2.29. The van der Waals surface area contributed by atoms with Crippen LogP contribution < -0.4 is 0 Å². The molecule has 0 unspecified atom stereocenters. The Bertz CT molecular complexity index is 821. The third-order valence-corrected chi connectivity index (χ3v) is 4.95. The molecule has 4 rings (SSSR count).